The van der Waals surface area contributed by atoms with Crippen molar-refractivity contribution >= 4 is 11.1 Å². The van der Waals surface area contributed by atoms with E-state index in [4.69, 9.17) is 8.83 Å². The number of rotatable bonds is 2. The minimum absolute atomic E-state index is 0.171. The molecule has 4 aromatic heterocycles. The average Bonchev–Trinajstić information content (AvgIpc) is 3.44. The molecule has 8 heteroatoms. The Morgan fingerprint density at radius 2 is 1.12 bits per heavy atom. The second kappa shape index (κ2) is 8.29. The zero-order valence-corrected chi connectivity index (χ0v) is 18.0. The normalized spacial score (nSPS) is 13.8. The number of aromatic nitrogens is 4. The molecule has 0 saturated carbocycles. The predicted molar refractivity (Wildman–Crippen MR) is 115 cm³/mol. The lowest BCUT2D eigenvalue weighted by atomic mass is 10.1. The number of nitriles is 2. The van der Waals surface area contributed by atoms with Crippen molar-refractivity contribution in [3.05, 3.63) is 70.0 Å². The van der Waals surface area contributed by atoms with Gasteiger partial charge in [-0.15, -0.1) is 0 Å². The van der Waals surface area contributed by atoms with Crippen LogP contribution in [-0.2, 0) is 0 Å². The summed E-state index contributed by atoms with van der Waals surface area (Å²) in [5, 5.41) is 18.7. The van der Waals surface area contributed by atoms with E-state index < -0.39 is 0 Å². The first-order chi connectivity index (χ1) is 15.4. The van der Waals surface area contributed by atoms with Gasteiger partial charge < -0.3 is 8.83 Å². The Kier molecular flexibility index (Phi) is 5.36. The predicted octanol–water partition coefficient (Wildman–Crippen LogP) is 3.08. The molecule has 0 N–H and O–H groups in total. The molecule has 4 rings (SSSR count). The Morgan fingerprint density at radius 3 is 1.44 bits per heavy atom. The van der Waals surface area contributed by atoms with Crippen LogP contribution in [0.2, 0.25) is 0 Å². The van der Waals surface area contributed by atoms with E-state index in [1.807, 2.05) is 38.1 Å². The summed E-state index contributed by atoms with van der Waals surface area (Å²) < 4.78 is 12.0. The number of hydrogen-bond donors (Lipinski definition) is 0. The second-order valence-electron chi connectivity index (χ2n) is 7.24. The maximum Gasteiger partial charge on any atom is 0.233 e. The number of nitrogens with zero attached hydrogens (tertiary/aromatic N) is 6. The van der Waals surface area contributed by atoms with Gasteiger partial charge in [-0.3, -0.25) is 9.97 Å². The van der Waals surface area contributed by atoms with Crippen molar-refractivity contribution in [2.75, 3.05) is 0 Å². The third-order valence-corrected chi connectivity index (χ3v) is 4.81. The topological polar surface area (TPSA) is 125 Å². The van der Waals surface area contributed by atoms with Gasteiger partial charge >= 0.3 is 0 Å². The molecule has 4 aromatic rings. The minimum atomic E-state index is 0.171. The average molecular weight is 422 g/mol. The molecule has 4 heterocycles. The van der Waals surface area contributed by atoms with Crippen LogP contribution in [0, 0.1) is 47.3 Å². The lowest BCUT2D eigenvalue weighted by molar-refractivity contribution is 0.440. The lowest BCUT2D eigenvalue weighted by Crippen LogP contribution is -2.03. The van der Waals surface area contributed by atoms with Crippen molar-refractivity contribution in [1.29, 1.82) is 10.5 Å². The highest BCUT2D eigenvalue weighted by molar-refractivity contribution is 5.63. The van der Waals surface area contributed by atoms with Crippen LogP contribution >= 0.6 is 0 Å². The van der Waals surface area contributed by atoms with E-state index in [9.17, 15) is 10.5 Å². The Morgan fingerprint density at radius 1 is 0.719 bits per heavy atom. The van der Waals surface area contributed by atoms with E-state index in [1.165, 1.54) is 0 Å². The van der Waals surface area contributed by atoms with Crippen LogP contribution in [0.25, 0.3) is 33.7 Å². The number of aryl methyl sites for hydroxylation is 2. The fraction of sp³-hybridized carbons (Fsp3) is 0.167. The highest BCUT2D eigenvalue weighted by atomic mass is 16.4. The first-order valence-corrected chi connectivity index (χ1v) is 9.77. The van der Waals surface area contributed by atoms with Crippen LogP contribution in [0.4, 0.5) is 0 Å². The summed E-state index contributed by atoms with van der Waals surface area (Å²) in [6.45, 7) is 7.02. The molecule has 0 fully saturated rings. The quantitative estimate of drug-likeness (QED) is 0.482. The second-order valence-corrected chi connectivity index (χ2v) is 7.24. The molecule has 0 aliphatic rings. The Bertz CT molecular complexity index is 1490. The van der Waals surface area contributed by atoms with Gasteiger partial charge in [-0.25, -0.2) is 9.97 Å². The third-order valence-electron chi connectivity index (χ3n) is 4.81. The molecule has 0 atom stereocenters. The molecule has 0 radical (unpaired) electrons. The summed E-state index contributed by atoms with van der Waals surface area (Å²) in [7, 11) is 0. The lowest BCUT2D eigenvalue weighted by Gasteiger charge is -1.97. The maximum atomic E-state index is 9.35. The van der Waals surface area contributed by atoms with Gasteiger partial charge in [0.15, 0.2) is 0 Å². The van der Waals surface area contributed by atoms with Gasteiger partial charge in [0.25, 0.3) is 0 Å². The zero-order chi connectivity index (χ0) is 22.8. The Balaban J connectivity index is 2.23. The van der Waals surface area contributed by atoms with Crippen molar-refractivity contribution < 1.29 is 8.83 Å². The van der Waals surface area contributed by atoms with Crippen LogP contribution in [0.15, 0.2) is 45.5 Å². The van der Waals surface area contributed by atoms with Gasteiger partial charge in [0, 0.05) is 34.9 Å². The summed E-state index contributed by atoms with van der Waals surface area (Å²) >= 11 is 0. The van der Waals surface area contributed by atoms with E-state index in [0.717, 1.165) is 11.4 Å². The summed E-state index contributed by atoms with van der Waals surface area (Å²) in [5.74, 6) is 0. The standard InChI is InChI=1S/C24H18N6O2/c1-13(9-25)23-29-19(17-7-5-15(3)27-11-17)21(31-23)22-20(18-8-6-16(4)28-12-18)30-24(32-22)14(2)10-26/h5-8,11-12H,1-4H3/b22-21+,23-13-,24-14-. The molecule has 0 aliphatic carbocycles. The van der Waals surface area contributed by atoms with E-state index in [1.54, 1.807) is 26.2 Å². The van der Waals surface area contributed by atoms with E-state index >= 15 is 0 Å². The van der Waals surface area contributed by atoms with Gasteiger partial charge in [0.2, 0.25) is 21.9 Å². The van der Waals surface area contributed by atoms with Gasteiger partial charge in [0.05, 0.1) is 11.1 Å². The largest absolute Gasteiger partial charge is 0.432 e. The van der Waals surface area contributed by atoms with E-state index in [2.05, 4.69) is 32.1 Å². The molecular weight excluding hydrogens is 404 g/mol. The number of hydrogen-bond acceptors (Lipinski definition) is 8. The first kappa shape index (κ1) is 20.7. The molecule has 0 saturated heterocycles. The molecule has 32 heavy (non-hydrogen) atoms. The summed E-state index contributed by atoms with van der Waals surface area (Å²) in [5.41, 5.74) is 5.57. The third kappa shape index (κ3) is 3.78. The van der Waals surface area contributed by atoms with Crippen molar-refractivity contribution in [3.8, 4) is 34.7 Å². The SMILES string of the molecule is C/C(C#N)=c1\nc(-c2ccc(C)nc2)/c(=c2\o/c(=C(/C)C#N)nc2-c2ccc(C)nc2)o1. The summed E-state index contributed by atoms with van der Waals surface area (Å²) in [6.07, 6.45) is 3.36. The van der Waals surface area contributed by atoms with E-state index in [-0.39, 0.29) is 11.1 Å². The molecule has 156 valence electrons. The molecule has 8 nitrogen and oxygen atoms in total. The smallest absolute Gasteiger partial charge is 0.233 e. The summed E-state index contributed by atoms with van der Waals surface area (Å²) in [4.78, 5) is 17.8. The van der Waals surface area contributed by atoms with Gasteiger partial charge in [-0.2, -0.15) is 10.5 Å². The molecule has 0 bridgehead atoms. The number of oxazole rings is 2. The summed E-state index contributed by atoms with van der Waals surface area (Å²) in [6, 6.07) is 11.6. The zero-order valence-electron chi connectivity index (χ0n) is 18.0. The van der Waals surface area contributed by atoms with Crippen molar-refractivity contribution in [3.63, 3.8) is 0 Å². The van der Waals surface area contributed by atoms with Crippen molar-refractivity contribution in [2.45, 2.75) is 27.7 Å². The van der Waals surface area contributed by atoms with Gasteiger partial charge in [-0.05, 0) is 52.0 Å². The first-order valence-electron chi connectivity index (χ1n) is 9.77. The molecule has 0 aliphatic heterocycles. The molecule has 0 spiro atoms. The highest BCUT2D eigenvalue weighted by Crippen LogP contribution is 2.22. The highest BCUT2D eigenvalue weighted by Gasteiger charge is 2.16. The van der Waals surface area contributed by atoms with Crippen LogP contribution in [0.5, 0.6) is 0 Å². The monoisotopic (exact) mass is 422 g/mol. The van der Waals surface area contributed by atoms with E-state index in [0.29, 0.717) is 44.5 Å². The minimum Gasteiger partial charge on any atom is -0.432 e. The fourth-order valence-electron chi connectivity index (χ4n) is 2.97. The maximum absolute atomic E-state index is 9.35. The Labute approximate surface area is 183 Å². The van der Waals surface area contributed by atoms with Crippen molar-refractivity contribution in [1.82, 2.24) is 19.9 Å². The molecule has 0 amide bonds. The van der Waals surface area contributed by atoms with Crippen LogP contribution in [0.1, 0.15) is 25.2 Å². The molecular formula is C24H18N6O2. The van der Waals surface area contributed by atoms with Gasteiger partial charge in [0.1, 0.15) is 23.5 Å². The van der Waals surface area contributed by atoms with Crippen LogP contribution in [0.3, 0.4) is 0 Å². The molecule has 0 aromatic carbocycles. The molecule has 0 unspecified atom stereocenters. The van der Waals surface area contributed by atoms with Crippen molar-refractivity contribution in [2.24, 2.45) is 0 Å². The number of pyridine rings is 2. The van der Waals surface area contributed by atoms with Crippen LogP contribution in [-0.4, -0.2) is 19.9 Å². The van der Waals surface area contributed by atoms with Crippen LogP contribution < -0.4 is 11.1 Å². The fourth-order valence-corrected chi connectivity index (χ4v) is 2.97. The Hall–Kier alpha value is -4.56. The van der Waals surface area contributed by atoms with Gasteiger partial charge in [-0.1, -0.05) is 0 Å².